The van der Waals surface area contributed by atoms with Crippen LogP contribution in [0, 0.1) is 11.3 Å². The second-order valence-corrected chi connectivity index (χ2v) is 2.42. The Balaban J connectivity index is 2.70. The van der Waals surface area contributed by atoms with Crippen LogP contribution in [0.15, 0.2) is 29.4 Å². The molecule has 1 aromatic carbocycles. The van der Waals surface area contributed by atoms with E-state index in [1.165, 1.54) is 0 Å². The number of carbonyl (C=O) groups is 1. The average Bonchev–Trinajstić information content (AvgIpc) is 2.19. The van der Waals surface area contributed by atoms with Crippen molar-refractivity contribution in [2.24, 2.45) is 5.16 Å². The van der Waals surface area contributed by atoms with Crippen LogP contribution in [-0.4, -0.2) is 17.3 Å². The van der Waals surface area contributed by atoms with Crippen molar-refractivity contribution in [1.29, 1.82) is 5.26 Å². The lowest BCUT2D eigenvalue weighted by Crippen LogP contribution is -2.12. The Labute approximate surface area is 80.3 Å². The van der Waals surface area contributed by atoms with Gasteiger partial charge in [0, 0.05) is 5.69 Å². The van der Waals surface area contributed by atoms with Crippen LogP contribution < -0.4 is 5.32 Å². The Kier molecular flexibility index (Phi) is 3.21. The van der Waals surface area contributed by atoms with E-state index in [1.807, 2.05) is 6.07 Å². The number of anilines is 1. The van der Waals surface area contributed by atoms with Gasteiger partial charge < -0.3 is 10.5 Å². The van der Waals surface area contributed by atoms with Crippen molar-refractivity contribution in [3.63, 3.8) is 0 Å². The molecule has 70 valence electrons. The third-order valence-electron chi connectivity index (χ3n) is 1.46. The van der Waals surface area contributed by atoms with Crippen molar-refractivity contribution in [3.05, 3.63) is 29.8 Å². The van der Waals surface area contributed by atoms with Crippen LogP contribution in [0.25, 0.3) is 0 Å². The van der Waals surface area contributed by atoms with Gasteiger partial charge >= 0.3 is 0 Å². The topological polar surface area (TPSA) is 85.5 Å². The molecule has 0 bridgehead atoms. The third kappa shape index (κ3) is 2.60. The minimum atomic E-state index is -0.530. The molecule has 0 aliphatic rings. The van der Waals surface area contributed by atoms with Gasteiger partial charge in [0.25, 0.3) is 5.91 Å². The van der Waals surface area contributed by atoms with E-state index in [1.54, 1.807) is 24.3 Å². The summed E-state index contributed by atoms with van der Waals surface area (Å²) in [4.78, 5) is 10.9. The molecule has 0 aliphatic carbocycles. The standard InChI is InChI=1S/C9H7N3O2/c10-5-7-1-3-8(4-2-7)12-9(13)6-11-14/h1-4,6,14H,(H,12,13)/b11-6+. The second-order valence-electron chi connectivity index (χ2n) is 2.42. The van der Waals surface area contributed by atoms with E-state index in [2.05, 4.69) is 10.5 Å². The molecule has 0 atom stereocenters. The van der Waals surface area contributed by atoms with Gasteiger partial charge in [0.15, 0.2) is 0 Å². The number of amides is 1. The zero-order valence-electron chi connectivity index (χ0n) is 7.14. The largest absolute Gasteiger partial charge is 0.411 e. The molecule has 0 saturated heterocycles. The van der Waals surface area contributed by atoms with Crippen LogP contribution in [0.5, 0.6) is 0 Å². The first-order valence-corrected chi connectivity index (χ1v) is 3.75. The van der Waals surface area contributed by atoms with Crippen LogP contribution in [0.3, 0.4) is 0 Å². The number of benzene rings is 1. The van der Waals surface area contributed by atoms with E-state index >= 15 is 0 Å². The van der Waals surface area contributed by atoms with E-state index in [-0.39, 0.29) is 0 Å². The van der Waals surface area contributed by atoms with E-state index in [4.69, 9.17) is 10.5 Å². The highest BCUT2D eigenvalue weighted by Gasteiger charge is 1.98. The number of hydrogen-bond donors (Lipinski definition) is 2. The molecule has 0 spiro atoms. The maximum atomic E-state index is 10.9. The summed E-state index contributed by atoms with van der Waals surface area (Å²) in [5.74, 6) is -0.530. The first kappa shape index (κ1) is 9.74. The molecule has 1 rings (SSSR count). The Morgan fingerprint density at radius 1 is 1.50 bits per heavy atom. The van der Waals surface area contributed by atoms with Crippen LogP contribution in [0.2, 0.25) is 0 Å². The predicted octanol–water partition coefficient (Wildman–Crippen LogP) is 0.957. The summed E-state index contributed by atoms with van der Waals surface area (Å²) >= 11 is 0. The monoisotopic (exact) mass is 189 g/mol. The molecule has 0 aromatic heterocycles. The lowest BCUT2D eigenvalue weighted by molar-refractivity contribution is -0.110. The smallest absolute Gasteiger partial charge is 0.270 e. The molecule has 14 heavy (non-hydrogen) atoms. The summed E-state index contributed by atoms with van der Waals surface area (Å²) in [6.07, 6.45) is 0.748. The predicted molar refractivity (Wildman–Crippen MR) is 50.1 cm³/mol. The summed E-state index contributed by atoms with van der Waals surface area (Å²) in [5, 5.41) is 21.6. The Morgan fingerprint density at radius 2 is 2.14 bits per heavy atom. The van der Waals surface area contributed by atoms with Gasteiger partial charge in [-0.1, -0.05) is 5.16 Å². The fourth-order valence-electron chi connectivity index (χ4n) is 0.855. The number of hydrogen-bond acceptors (Lipinski definition) is 4. The third-order valence-corrected chi connectivity index (χ3v) is 1.46. The molecule has 0 heterocycles. The van der Waals surface area contributed by atoms with Gasteiger partial charge in [0.05, 0.1) is 11.6 Å². The number of rotatable bonds is 2. The van der Waals surface area contributed by atoms with Gasteiger partial charge in [-0.15, -0.1) is 0 Å². The summed E-state index contributed by atoms with van der Waals surface area (Å²) in [6.45, 7) is 0. The highest BCUT2D eigenvalue weighted by molar-refractivity contribution is 6.31. The maximum Gasteiger partial charge on any atom is 0.270 e. The SMILES string of the molecule is N#Cc1ccc(NC(=O)/C=N/O)cc1. The van der Waals surface area contributed by atoms with E-state index in [9.17, 15) is 4.79 Å². The Bertz CT molecular complexity index is 390. The van der Waals surface area contributed by atoms with Crippen molar-refractivity contribution in [2.45, 2.75) is 0 Å². The molecule has 0 radical (unpaired) electrons. The maximum absolute atomic E-state index is 10.9. The number of nitrogens with zero attached hydrogens (tertiary/aromatic N) is 2. The van der Waals surface area contributed by atoms with Crippen molar-refractivity contribution in [1.82, 2.24) is 0 Å². The molecule has 0 saturated carbocycles. The first-order valence-electron chi connectivity index (χ1n) is 3.75. The summed E-state index contributed by atoms with van der Waals surface area (Å²) in [6, 6.07) is 8.27. The number of nitriles is 1. The number of nitrogens with one attached hydrogen (secondary N) is 1. The Morgan fingerprint density at radius 3 is 2.64 bits per heavy atom. The molecular formula is C9H7N3O2. The first-order chi connectivity index (χ1) is 6.76. The van der Waals surface area contributed by atoms with Crippen molar-refractivity contribution in [2.75, 3.05) is 5.32 Å². The van der Waals surface area contributed by atoms with Crippen molar-refractivity contribution >= 4 is 17.8 Å². The summed E-state index contributed by atoms with van der Waals surface area (Å²) < 4.78 is 0. The van der Waals surface area contributed by atoms with Crippen LogP contribution in [0.4, 0.5) is 5.69 Å². The van der Waals surface area contributed by atoms with Crippen molar-refractivity contribution < 1.29 is 10.0 Å². The molecule has 2 N–H and O–H groups in total. The Hall–Kier alpha value is -2.35. The molecular weight excluding hydrogens is 182 g/mol. The minimum Gasteiger partial charge on any atom is -0.411 e. The molecule has 0 aliphatic heterocycles. The number of carbonyl (C=O) groups excluding carboxylic acids is 1. The molecule has 5 nitrogen and oxygen atoms in total. The van der Waals surface area contributed by atoms with Gasteiger partial charge in [0.2, 0.25) is 0 Å². The van der Waals surface area contributed by atoms with Gasteiger partial charge in [-0.2, -0.15) is 5.26 Å². The zero-order valence-corrected chi connectivity index (χ0v) is 7.14. The van der Waals surface area contributed by atoms with E-state index in [0.717, 1.165) is 6.21 Å². The van der Waals surface area contributed by atoms with Crippen molar-refractivity contribution in [3.8, 4) is 6.07 Å². The highest BCUT2D eigenvalue weighted by atomic mass is 16.4. The molecule has 1 aromatic rings. The van der Waals surface area contributed by atoms with Gasteiger partial charge in [0.1, 0.15) is 6.21 Å². The fraction of sp³-hybridized carbons (Fsp3) is 0. The van der Waals surface area contributed by atoms with E-state index in [0.29, 0.717) is 11.3 Å². The molecule has 0 fully saturated rings. The summed E-state index contributed by atoms with van der Waals surface area (Å²) in [5.41, 5.74) is 1.05. The van der Waals surface area contributed by atoms with Crippen LogP contribution in [-0.2, 0) is 4.79 Å². The molecule has 0 unspecified atom stereocenters. The number of oxime groups is 1. The van der Waals surface area contributed by atoms with Crippen LogP contribution in [0.1, 0.15) is 5.56 Å². The highest BCUT2D eigenvalue weighted by Crippen LogP contribution is 2.07. The van der Waals surface area contributed by atoms with Gasteiger partial charge in [-0.05, 0) is 24.3 Å². The van der Waals surface area contributed by atoms with Crippen LogP contribution >= 0.6 is 0 Å². The molecule has 5 heteroatoms. The zero-order chi connectivity index (χ0) is 10.4. The second kappa shape index (κ2) is 4.62. The van der Waals surface area contributed by atoms with Gasteiger partial charge in [-0.25, -0.2) is 0 Å². The minimum absolute atomic E-state index is 0.513. The lowest BCUT2D eigenvalue weighted by atomic mass is 10.2. The average molecular weight is 189 g/mol. The molecule has 1 amide bonds. The normalized spacial score (nSPS) is 9.64. The quantitative estimate of drug-likeness (QED) is 0.412. The van der Waals surface area contributed by atoms with Gasteiger partial charge in [-0.3, -0.25) is 4.79 Å². The van der Waals surface area contributed by atoms with E-state index < -0.39 is 5.91 Å². The lowest BCUT2D eigenvalue weighted by Gasteiger charge is -1.99. The summed E-state index contributed by atoms with van der Waals surface area (Å²) in [7, 11) is 0. The fourth-order valence-corrected chi connectivity index (χ4v) is 0.855.